The van der Waals surface area contributed by atoms with E-state index in [-0.39, 0.29) is 6.54 Å². The zero-order valence-electron chi connectivity index (χ0n) is 16.6. The molecule has 0 aliphatic carbocycles. The summed E-state index contributed by atoms with van der Waals surface area (Å²) in [7, 11) is 1.77. The highest BCUT2D eigenvalue weighted by atomic mass is 19.1. The molecular weight excluding hydrogens is 393 g/mol. The molecule has 158 valence electrons. The van der Waals surface area contributed by atoms with Gasteiger partial charge in [0, 0.05) is 63.3 Å². The molecule has 0 saturated carbocycles. The Bertz CT molecular complexity index is 1030. The van der Waals surface area contributed by atoms with Crippen LogP contribution in [-0.4, -0.2) is 45.7 Å². The number of aliphatic hydroxyl groups excluding tert-OH is 1. The predicted molar refractivity (Wildman–Crippen MR) is 108 cm³/mol. The Morgan fingerprint density at radius 1 is 1.03 bits per heavy atom. The van der Waals surface area contributed by atoms with Gasteiger partial charge >= 0.3 is 0 Å². The number of piperazine rings is 1. The molecule has 2 heterocycles. The standard InChI is InChI=1S/C22H23F3N4O/c1-27-8-7-26-22(27)21(30)17-3-2-4-19(25)20(17)29-11-9-28(10-12-29)14-15-13-16(23)5-6-18(15)24/h2-8,13,21,30H,9-12,14H2,1H3. The van der Waals surface area contributed by atoms with Gasteiger partial charge in [-0.05, 0) is 24.3 Å². The molecule has 1 atom stereocenters. The summed E-state index contributed by atoms with van der Waals surface area (Å²) in [6.45, 7) is 2.40. The van der Waals surface area contributed by atoms with Crippen LogP contribution in [0.2, 0.25) is 0 Å². The summed E-state index contributed by atoms with van der Waals surface area (Å²) in [5.74, 6) is -0.884. The Balaban J connectivity index is 1.51. The van der Waals surface area contributed by atoms with Gasteiger partial charge in [0.25, 0.3) is 0 Å². The van der Waals surface area contributed by atoms with E-state index in [0.29, 0.717) is 48.8 Å². The Morgan fingerprint density at radius 3 is 2.50 bits per heavy atom. The summed E-state index contributed by atoms with van der Waals surface area (Å²) in [6, 6.07) is 8.09. The quantitative estimate of drug-likeness (QED) is 0.694. The van der Waals surface area contributed by atoms with E-state index in [1.54, 1.807) is 36.1 Å². The lowest BCUT2D eigenvalue weighted by Gasteiger charge is -2.37. The average molecular weight is 416 g/mol. The van der Waals surface area contributed by atoms with Crippen molar-refractivity contribution in [1.29, 1.82) is 0 Å². The minimum Gasteiger partial charge on any atom is -0.380 e. The molecule has 1 aliphatic rings. The second-order valence-electron chi connectivity index (χ2n) is 7.48. The van der Waals surface area contributed by atoms with Crippen molar-refractivity contribution in [2.24, 2.45) is 7.05 Å². The average Bonchev–Trinajstić information content (AvgIpc) is 3.16. The Morgan fingerprint density at radius 2 is 1.80 bits per heavy atom. The van der Waals surface area contributed by atoms with E-state index in [2.05, 4.69) is 4.98 Å². The van der Waals surface area contributed by atoms with Crippen LogP contribution in [0.15, 0.2) is 48.8 Å². The minimum atomic E-state index is -1.06. The zero-order chi connectivity index (χ0) is 21.3. The molecule has 2 aromatic carbocycles. The monoisotopic (exact) mass is 416 g/mol. The molecule has 1 aromatic heterocycles. The molecule has 1 aliphatic heterocycles. The van der Waals surface area contributed by atoms with Crippen molar-refractivity contribution in [3.8, 4) is 0 Å². The number of nitrogens with zero attached hydrogens (tertiary/aromatic N) is 4. The van der Waals surface area contributed by atoms with Crippen molar-refractivity contribution >= 4 is 5.69 Å². The number of anilines is 1. The number of para-hydroxylation sites is 1. The van der Waals surface area contributed by atoms with Gasteiger partial charge in [0.05, 0.1) is 5.69 Å². The van der Waals surface area contributed by atoms with Crippen molar-refractivity contribution in [1.82, 2.24) is 14.5 Å². The first kappa shape index (κ1) is 20.4. The fourth-order valence-corrected chi connectivity index (χ4v) is 3.90. The van der Waals surface area contributed by atoms with Crippen molar-refractivity contribution < 1.29 is 18.3 Å². The number of imidazole rings is 1. The molecule has 0 spiro atoms. The highest BCUT2D eigenvalue weighted by Crippen LogP contribution is 2.33. The van der Waals surface area contributed by atoms with Crippen LogP contribution >= 0.6 is 0 Å². The Hall–Kier alpha value is -2.84. The molecule has 0 amide bonds. The van der Waals surface area contributed by atoms with Crippen LogP contribution in [-0.2, 0) is 13.6 Å². The number of hydrogen-bond acceptors (Lipinski definition) is 4. The molecular formula is C22H23F3N4O. The smallest absolute Gasteiger partial charge is 0.146 e. The van der Waals surface area contributed by atoms with Crippen LogP contribution in [0.4, 0.5) is 18.9 Å². The normalized spacial score (nSPS) is 16.1. The van der Waals surface area contributed by atoms with Crippen LogP contribution < -0.4 is 4.90 Å². The number of aromatic nitrogens is 2. The van der Waals surface area contributed by atoms with Crippen LogP contribution in [0.25, 0.3) is 0 Å². The lowest BCUT2D eigenvalue weighted by molar-refractivity contribution is 0.205. The lowest BCUT2D eigenvalue weighted by atomic mass is 10.0. The first-order chi connectivity index (χ1) is 14.4. The summed E-state index contributed by atoms with van der Waals surface area (Å²) in [6.07, 6.45) is 2.25. The van der Waals surface area contributed by atoms with Gasteiger partial charge < -0.3 is 14.6 Å². The van der Waals surface area contributed by atoms with Gasteiger partial charge in [0.1, 0.15) is 29.4 Å². The second kappa shape index (κ2) is 8.49. The van der Waals surface area contributed by atoms with E-state index >= 15 is 0 Å². The molecule has 1 unspecified atom stereocenters. The molecule has 0 bridgehead atoms. The van der Waals surface area contributed by atoms with Crippen molar-refractivity contribution in [2.75, 3.05) is 31.1 Å². The number of benzene rings is 2. The number of halogens is 3. The third-order valence-electron chi connectivity index (χ3n) is 5.51. The topological polar surface area (TPSA) is 44.5 Å². The van der Waals surface area contributed by atoms with Gasteiger partial charge in [0.15, 0.2) is 0 Å². The highest BCUT2D eigenvalue weighted by molar-refractivity contribution is 5.57. The van der Waals surface area contributed by atoms with Gasteiger partial charge in [-0.15, -0.1) is 0 Å². The molecule has 0 radical (unpaired) electrons. The molecule has 5 nitrogen and oxygen atoms in total. The summed E-state index contributed by atoms with van der Waals surface area (Å²) in [5, 5.41) is 10.8. The largest absolute Gasteiger partial charge is 0.380 e. The molecule has 1 N–H and O–H groups in total. The molecule has 3 aromatic rings. The Kier molecular flexibility index (Phi) is 5.78. The molecule has 8 heteroatoms. The SMILES string of the molecule is Cn1ccnc1C(O)c1cccc(F)c1N1CCN(Cc2cc(F)ccc2F)CC1. The van der Waals surface area contributed by atoms with Crippen LogP contribution in [0, 0.1) is 17.5 Å². The first-order valence-corrected chi connectivity index (χ1v) is 9.79. The summed E-state index contributed by atoms with van der Waals surface area (Å²) in [5.41, 5.74) is 1.11. The number of aliphatic hydroxyl groups is 1. The van der Waals surface area contributed by atoms with E-state index in [9.17, 15) is 18.3 Å². The lowest BCUT2D eigenvalue weighted by Crippen LogP contribution is -2.46. The first-order valence-electron chi connectivity index (χ1n) is 9.79. The van der Waals surface area contributed by atoms with E-state index in [0.717, 1.165) is 12.1 Å². The maximum atomic E-state index is 14.8. The van der Waals surface area contributed by atoms with E-state index < -0.39 is 23.6 Å². The van der Waals surface area contributed by atoms with Gasteiger partial charge in [-0.25, -0.2) is 18.2 Å². The summed E-state index contributed by atoms with van der Waals surface area (Å²) >= 11 is 0. The predicted octanol–water partition coefficient (Wildman–Crippen LogP) is 3.24. The Labute approximate surface area is 173 Å². The molecule has 1 fully saturated rings. The summed E-state index contributed by atoms with van der Waals surface area (Å²) in [4.78, 5) is 8.07. The molecule has 30 heavy (non-hydrogen) atoms. The number of hydrogen-bond donors (Lipinski definition) is 1. The van der Waals surface area contributed by atoms with Crippen LogP contribution in [0.3, 0.4) is 0 Å². The fraction of sp³-hybridized carbons (Fsp3) is 0.318. The molecule has 1 saturated heterocycles. The van der Waals surface area contributed by atoms with Crippen molar-refractivity contribution in [3.05, 3.63) is 83.2 Å². The number of aryl methyl sites for hydroxylation is 1. The van der Waals surface area contributed by atoms with Crippen LogP contribution in [0.1, 0.15) is 23.1 Å². The van der Waals surface area contributed by atoms with E-state index in [1.807, 2.05) is 9.80 Å². The molecule has 4 rings (SSSR count). The van der Waals surface area contributed by atoms with Gasteiger partial charge in [-0.1, -0.05) is 12.1 Å². The van der Waals surface area contributed by atoms with Crippen molar-refractivity contribution in [2.45, 2.75) is 12.6 Å². The number of rotatable bonds is 5. The van der Waals surface area contributed by atoms with Crippen LogP contribution in [0.5, 0.6) is 0 Å². The van der Waals surface area contributed by atoms with Gasteiger partial charge in [0.2, 0.25) is 0 Å². The fourth-order valence-electron chi connectivity index (χ4n) is 3.90. The van der Waals surface area contributed by atoms with E-state index in [1.165, 1.54) is 12.1 Å². The summed E-state index contributed by atoms with van der Waals surface area (Å²) < 4.78 is 43.9. The third-order valence-corrected chi connectivity index (χ3v) is 5.51. The van der Waals surface area contributed by atoms with E-state index in [4.69, 9.17) is 0 Å². The maximum Gasteiger partial charge on any atom is 0.146 e. The minimum absolute atomic E-state index is 0.289. The van der Waals surface area contributed by atoms with Crippen molar-refractivity contribution in [3.63, 3.8) is 0 Å². The maximum absolute atomic E-state index is 14.8. The van der Waals surface area contributed by atoms with Gasteiger partial charge in [-0.2, -0.15) is 0 Å². The third kappa shape index (κ3) is 4.06. The highest BCUT2D eigenvalue weighted by Gasteiger charge is 2.27. The zero-order valence-corrected chi connectivity index (χ0v) is 16.6. The second-order valence-corrected chi connectivity index (χ2v) is 7.48. The van der Waals surface area contributed by atoms with Gasteiger partial charge in [-0.3, -0.25) is 4.90 Å².